The van der Waals surface area contributed by atoms with E-state index >= 15 is 0 Å². The van der Waals surface area contributed by atoms with Crippen LogP contribution in [-0.4, -0.2) is 12.0 Å². The summed E-state index contributed by atoms with van der Waals surface area (Å²) in [5.41, 5.74) is 3.75. The molecule has 0 saturated heterocycles. The maximum Gasteiger partial charge on any atom is 0.0405 e. The van der Waals surface area contributed by atoms with Crippen LogP contribution in [0.2, 0.25) is 0 Å². The van der Waals surface area contributed by atoms with E-state index in [1.165, 1.54) is 11.1 Å². The molecule has 1 aromatic rings. The fourth-order valence-electron chi connectivity index (χ4n) is 1.08. The summed E-state index contributed by atoms with van der Waals surface area (Å²) in [6.45, 7) is 5.07. The minimum Gasteiger partial charge on any atom is -0.316 e. The van der Waals surface area contributed by atoms with Crippen LogP contribution in [0.15, 0.2) is 12.3 Å². The Morgan fingerprint density at radius 1 is 1.45 bits per heavy atom. The zero-order chi connectivity index (χ0) is 8.27. The summed E-state index contributed by atoms with van der Waals surface area (Å²) in [5, 5.41) is 3.12. The number of hydrogen-bond acceptors (Lipinski definition) is 2. The first kappa shape index (κ1) is 8.21. The van der Waals surface area contributed by atoms with E-state index in [2.05, 4.69) is 23.3 Å². The van der Waals surface area contributed by atoms with Crippen LogP contribution in [0.4, 0.5) is 0 Å². The van der Waals surface area contributed by atoms with E-state index in [4.69, 9.17) is 0 Å². The van der Waals surface area contributed by atoms with Crippen LogP contribution in [0.3, 0.4) is 0 Å². The number of nitrogens with zero attached hydrogens (tertiary/aromatic N) is 1. The first-order valence-electron chi connectivity index (χ1n) is 3.81. The third kappa shape index (κ3) is 1.77. The fourth-order valence-corrected chi connectivity index (χ4v) is 1.08. The summed E-state index contributed by atoms with van der Waals surface area (Å²) in [4.78, 5) is 4.19. The third-order valence-corrected chi connectivity index (χ3v) is 1.94. The predicted molar refractivity (Wildman–Crippen MR) is 46.5 cm³/mol. The number of aryl methyl sites for hydroxylation is 1. The van der Waals surface area contributed by atoms with Gasteiger partial charge in [-0.1, -0.05) is 0 Å². The van der Waals surface area contributed by atoms with Crippen molar-refractivity contribution in [2.24, 2.45) is 0 Å². The lowest BCUT2D eigenvalue weighted by molar-refractivity contribution is 0.807. The summed E-state index contributed by atoms with van der Waals surface area (Å²) in [6.07, 6.45) is 1.86. The van der Waals surface area contributed by atoms with Crippen molar-refractivity contribution >= 4 is 0 Å². The van der Waals surface area contributed by atoms with Crippen molar-refractivity contribution in [2.45, 2.75) is 20.4 Å². The smallest absolute Gasteiger partial charge is 0.0405 e. The van der Waals surface area contributed by atoms with Gasteiger partial charge in [0.2, 0.25) is 0 Å². The minimum atomic E-state index is 0.926. The maximum atomic E-state index is 4.19. The van der Waals surface area contributed by atoms with Crippen molar-refractivity contribution in [3.8, 4) is 0 Å². The Kier molecular flexibility index (Phi) is 2.60. The Hall–Kier alpha value is -0.890. The van der Waals surface area contributed by atoms with Crippen LogP contribution < -0.4 is 5.32 Å². The number of pyridine rings is 1. The first-order valence-corrected chi connectivity index (χ1v) is 3.81. The van der Waals surface area contributed by atoms with Gasteiger partial charge < -0.3 is 5.32 Å². The van der Waals surface area contributed by atoms with Crippen LogP contribution >= 0.6 is 0 Å². The molecule has 0 bridgehead atoms. The molecule has 0 radical (unpaired) electrons. The lowest BCUT2D eigenvalue weighted by atomic mass is 10.1. The summed E-state index contributed by atoms with van der Waals surface area (Å²) in [7, 11) is 1.95. The predicted octanol–water partition coefficient (Wildman–Crippen LogP) is 1.42. The number of rotatable bonds is 2. The van der Waals surface area contributed by atoms with Gasteiger partial charge in [-0.3, -0.25) is 4.98 Å². The summed E-state index contributed by atoms with van der Waals surface area (Å²) in [5.74, 6) is 0. The lowest BCUT2D eigenvalue weighted by Gasteiger charge is -2.05. The molecule has 1 heterocycles. The Morgan fingerprint density at radius 2 is 2.18 bits per heavy atom. The second-order valence-corrected chi connectivity index (χ2v) is 2.71. The van der Waals surface area contributed by atoms with Gasteiger partial charge in [0, 0.05) is 18.4 Å². The molecule has 0 spiro atoms. The van der Waals surface area contributed by atoms with Gasteiger partial charge in [0.25, 0.3) is 0 Å². The van der Waals surface area contributed by atoms with Crippen LogP contribution in [0.1, 0.15) is 16.8 Å². The van der Waals surface area contributed by atoms with E-state index in [1.54, 1.807) is 0 Å². The molecule has 2 nitrogen and oxygen atoms in total. The molecule has 0 unspecified atom stereocenters. The molecular weight excluding hydrogens is 136 g/mol. The monoisotopic (exact) mass is 150 g/mol. The Labute approximate surface area is 67.7 Å². The van der Waals surface area contributed by atoms with Gasteiger partial charge in [0.05, 0.1) is 0 Å². The van der Waals surface area contributed by atoms with E-state index in [0.717, 1.165) is 12.2 Å². The molecule has 60 valence electrons. The van der Waals surface area contributed by atoms with Gasteiger partial charge in [0.15, 0.2) is 0 Å². The molecule has 11 heavy (non-hydrogen) atoms. The zero-order valence-corrected chi connectivity index (χ0v) is 7.31. The van der Waals surface area contributed by atoms with Crippen LogP contribution in [-0.2, 0) is 6.54 Å². The van der Waals surface area contributed by atoms with E-state index < -0.39 is 0 Å². The molecule has 0 aliphatic heterocycles. The second kappa shape index (κ2) is 3.49. The number of nitrogens with one attached hydrogen (secondary N) is 1. The van der Waals surface area contributed by atoms with Crippen molar-refractivity contribution < 1.29 is 0 Å². The van der Waals surface area contributed by atoms with E-state index in [1.807, 2.05) is 20.2 Å². The minimum absolute atomic E-state index is 0.926. The summed E-state index contributed by atoms with van der Waals surface area (Å²) >= 11 is 0. The zero-order valence-electron chi connectivity index (χ0n) is 7.31. The van der Waals surface area contributed by atoms with Gasteiger partial charge in [0.1, 0.15) is 0 Å². The maximum absolute atomic E-state index is 4.19. The van der Waals surface area contributed by atoms with Crippen LogP contribution in [0.25, 0.3) is 0 Å². The number of hydrogen-bond donors (Lipinski definition) is 1. The molecule has 0 aliphatic rings. The standard InChI is InChI=1S/C9H14N2/c1-7-8(2)11-5-4-9(7)6-10-3/h4-5,10H,6H2,1-3H3. The van der Waals surface area contributed by atoms with Crippen LogP contribution in [0.5, 0.6) is 0 Å². The highest BCUT2D eigenvalue weighted by atomic mass is 14.8. The molecule has 0 aliphatic carbocycles. The van der Waals surface area contributed by atoms with E-state index in [-0.39, 0.29) is 0 Å². The van der Waals surface area contributed by atoms with Gasteiger partial charge in [-0.25, -0.2) is 0 Å². The second-order valence-electron chi connectivity index (χ2n) is 2.71. The summed E-state index contributed by atoms with van der Waals surface area (Å²) < 4.78 is 0. The number of aromatic nitrogens is 1. The van der Waals surface area contributed by atoms with Crippen LogP contribution in [0, 0.1) is 13.8 Å². The molecule has 1 aromatic heterocycles. The van der Waals surface area contributed by atoms with Crippen molar-refractivity contribution in [1.82, 2.24) is 10.3 Å². The Bertz CT molecular complexity index is 243. The molecular formula is C9H14N2. The average Bonchev–Trinajstić information content (AvgIpc) is 1.99. The molecule has 2 heteroatoms. The SMILES string of the molecule is CNCc1ccnc(C)c1C. The molecule has 0 saturated carbocycles. The third-order valence-electron chi connectivity index (χ3n) is 1.94. The first-order chi connectivity index (χ1) is 5.25. The summed E-state index contributed by atoms with van der Waals surface area (Å²) in [6, 6.07) is 2.05. The van der Waals surface area contributed by atoms with Crippen molar-refractivity contribution in [2.75, 3.05) is 7.05 Å². The molecule has 1 rings (SSSR count). The molecule has 0 amide bonds. The molecule has 1 N–H and O–H groups in total. The van der Waals surface area contributed by atoms with Gasteiger partial charge in [-0.05, 0) is 38.1 Å². The highest BCUT2D eigenvalue weighted by Gasteiger charge is 1.98. The van der Waals surface area contributed by atoms with Crippen molar-refractivity contribution in [3.63, 3.8) is 0 Å². The van der Waals surface area contributed by atoms with Gasteiger partial charge in [-0.15, -0.1) is 0 Å². The van der Waals surface area contributed by atoms with Gasteiger partial charge in [-0.2, -0.15) is 0 Å². The Morgan fingerprint density at radius 3 is 2.82 bits per heavy atom. The average molecular weight is 150 g/mol. The fraction of sp³-hybridized carbons (Fsp3) is 0.444. The molecule has 0 atom stereocenters. The normalized spacial score (nSPS) is 10.1. The lowest BCUT2D eigenvalue weighted by Crippen LogP contribution is -2.07. The Balaban J connectivity index is 2.96. The quantitative estimate of drug-likeness (QED) is 0.689. The van der Waals surface area contributed by atoms with Gasteiger partial charge >= 0.3 is 0 Å². The largest absolute Gasteiger partial charge is 0.316 e. The van der Waals surface area contributed by atoms with E-state index in [9.17, 15) is 0 Å². The van der Waals surface area contributed by atoms with Crippen molar-refractivity contribution in [3.05, 3.63) is 29.1 Å². The highest BCUT2D eigenvalue weighted by molar-refractivity contribution is 5.27. The topological polar surface area (TPSA) is 24.9 Å². The molecule has 0 aromatic carbocycles. The van der Waals surface area contributed by atoms with Crippen molar-refractivity contribution in [1.29, 1.82) is 0 Å². The highest BCUT2D eigenvalue weighted by Crippen LogP contribution is 2.08. The molecule has 0 fully saturated rings. The van der Waals surface area contributed by atoms with E-state index in [0.29, 0.717) is 0 Å².